The lowest BCUT2D eigenvalue weighted by atomic mass is 9.89. The predicted molar refractivity (Wildman–Crippen MR) is 77.6 cm³/mol. The van der Waals surface area contributed by atoms with E-state index in [1.165, 1.54) is 12.1 Å². The average Bonchev–Trinajstić information content (AvgIpc) is 2.39. The number of benzene rings is 1. The molecule has 0 fully saturated rings. The molecule has 1 aromatic carbocycles. The molecular weight excluding hydrogens is 299 g/mol. The van der Waals surface area contributed by atoms with E-state index in [4.69, 9.17) is 5.73 Å². The summed E-state index contributed by atoms with van der Waals surface area (Å²) in [6, 6.07) is 4.39. The fourth-order valence-electron chi connectivity index (χ4n) is 1.59. The third kappa shape index (κ3) is 5.44. The van der Waals surface area contributed by atoms with Crippen LogP contribution in [0.5, 0.6) is 5.75 Å². The van der Waals surface area contributed by atoms with Crippen molar-refractivity contribution in [3.05, 3.63) is 24.3 Å². The highest BCUT2D eigenvalue weighted by molar-refractivity contribution is 5.89. The van der Waals surface area contributed by atoms with Crippen molar-refractivity contribution in [3.63, 3.8) is 0 Å². The van der Waals surface area contributed by atoms with Crippen LogP contribution in [-0.2, 0) is 0 Å². The maximum atomic E-state index is 12.0. The number of carbonyl (C=O) groups is 1. The molecule has 8 heteroatoms. The molecular formula is C14H20F3N3O2. The molecule has 0 radical (unpaired) electrons. The molecule has 5 nitrogen and oxygen atoms in total. The second-order valence-electron chi connectivity index (χ2n) is 5.43. The van der Waals surface area contributed by atoms with E-state index in [-0.39, 0.29) is 18.2 Å². The van der Waals surface area contributed by atoms with Crippen molar-refractivity contribution in [3.8, 4) is 5.75 Å². The molecule has 22 heavy (non-hydrogen) atoms. The Hall–Kier alpha value is -1.96. The van der Waals surface area contributed by atoms with Crippen molar-refractivity contribution in [2.45, 2.75) is 32.7 Å². The number of carbonyl (C=O) groups excluding carboxylic acids is 1. The topological polar surface area (TPSA) is 76.4 Å². The van der Waals surface area contributed by atoms with Crippen LogP contribution in [-0.4, -0.2) is 24.5 Å². The summed E-state index contributed by atoms with van der Waals surface area (Å²) in [5, 5.41) is 5.29. The van der Waals surface area contributed by atoms with E-state index >= 15 is 0 Å². The SMILES string of the molecule is CC(C)C(C)(CN)NC(=O)Nc1ccc(OC(F)(F)F)cc1. The summed E-state index contributed by atoms with van der Waals surface area (Å²) >= 11 is 0. The van der Waals surface area contributed by atoms with Crippen LogP contribution in [0.1, 0.15) is 20.8 Å². The van der Waals surface area contributed by atoms with Gasteiger partial charge in [0, 0.05) is 12.2 Å². The van der Waals surface area contributed by atoms with E-state index < -0.39 is 17.9 Å². The molecule has 0 aliphatic rings. The quantitative estimate of drug-likeness (QED) is 0.780. The second-order valence-corrected chi connectivity index (χ2v) is 5.43. The normalized spacial score (nSPS) is 14.4. The van der Waals surface area contributed by atoms with Gasteiger partial charge in [0.25, 0.3) is 0 Å². The van der Waals surface area contributed by atoms with Crippen molar-refractivity contribution in [2.75, 3.05) is 11.9 Å². The number of rotatable bonds is 5. The monoisotopic (exact) mass is 319 g/mol. The molecule has 0 bridgehead atoms. The number of nitrogens with two attached hydrogens (primary N) is 1. The molecule has 0 saturated heterocycles. The molecule has 1 unspecified atom stereocenters. The molecule has 0 heterocycles. The highest BCUT2D eigenvalue weighted by atomic mass is 19.4. The zero-order valence-corrected chi connectivity index (χ0v) is 12.6. The zero-order valence-electron chi connectivity index (χ0n) is 12.6. The van der Waals surface area contributed by atoms with E-state index in [1.54, 1.807) is 0 Å². The van der Waals surface area contributed by atoms with E-state index in [0.717, 1.165) is 12.1 Å². The summed E-state index contributed by atoms with van der Waals surface area (Å²) in [7, 11) is 0. The van der Waals surface area contributed by atoms with E-state index in [1.807, 2.05) is 20.8 Å². The Balaban J connectivity index is 2.66. The molecule has 1 rings (SSSR count). The Morgan fingerprint density at radius 3 is 2.23 bits per heavy atom. The first-order valence-electron chi connectivity index (χ1n) is 6.71. The average molecular weight is 319 g/mol. The number of nitrogens with one attached hydrogen (secondary N) is 2. The van der Waals surface area contributed by atoms with Gasteiger partial charge in [-0.15, -0.1) is 13.2 Å². The Morgan fingerprint density at radius 2 is 1.82 bits per heavy atom. The highest BCUT2D eigenvalue weighted by Gasteiger charge is 2.31. The van der Waals surface area contributed by atoms with Crippen LogP contribution < -0.4 is 21.1 Å². The first-order chi connectivity index (χ1) is 10.1. The molecule has 0 aromatic heterocycles. The van der Waals surface area contributed by atoms with E-state index in [2.05, 4.69) is 15.4 Å². The lowest BCUT2D eigenvalue weighted by Gasteiger charge is -2.33. The van der Waals surface area contributed by atoms with Gasteiger partial charge < -0.3 is 21.1 Å². The molecule has 0 spiro atoms. The van der Waals surface area contributed by atoms with Gasteiger partial charge in [-0.2, -0.15) is 0 Å². The van der Waals surface area contributed by atoms with Crippen LogP contribution in [0.2, 0.25) is 0 Å². The van der Waals surface area contributed by atoms with Crippen molar-refractivity contribution in [1.29, 1.82) is 0 Å². The maximum absolute atomic E-state index is 12.0. The van der Waals surface area contributed by atoms with Gasteiger partial charge in [-0.25, -0.2) is 4.79 Å². The number of halogens is 3. The number of alkyl halides is 3. The van der Waals surface area contributed by atoms with Gasteiger partial charge in [-0.05, 0) is 37.1 Å². The molecule has 0 saturated carbocycles. The molecule has 1 aromatic rings. The summed E-state index contributed by atoms with van der Waals surface area (Å²) in [5.74, 6) is -0.238. The van der Waals surface area contributed by atoms with Crippen molar-refractivity contribution in [1.82, 2.24) is 5.32 Å². The summed E-state index contributed by atoms with van der Waals surface area (Å²) in [5.41, 5.74) is 5.43. The van der Waals surface area contributed by atoms with Gasteiger partial charge in [0.2, 0.25) is 0 Å². The predicted octanol–water partition coefficient (Wildman–Crippen LogP) is 3.08. The summed E-state index contributed by atoms with van der Waals surface area (Å²) < 4.78 is 39.9. The Labute approximate surface area is 127 Å². The van der Waals surface area contributed by atoms with Crippen molar-refractivity contribution < 1.29 is 22.7 Å². The first kappa shape index (κ1) is 18.1. The van der Waals surface area contributed by atoms with Crippen molar-refractivity contribution in [2.24, 2.45) is 11.7 Å². The van der Waals surface area contributed by atoms with Gasteiger partial charge in [0.15, 0.2) is 0 Å². The Bertz CT molecular complexity index is 503. The summed E-state index contributed by atoms with van der Waals surface area (Å²) in [6.07, 6.45) is -4.74. The number of ether oxygens (including phenoxy) is 1. The lowest BCUT2D eigenvalue weighted by molar-refractivity contribution is -0.274. The van der Waals surface area contributed by atoms with Crippen LogP contribution in [0.15, 0.2) is 24.3 Å². The van der Waals surface area contributed by atoms with Gasteiger partial charge >= 0.3 is 12.4 Å². The second kappa shape index (κ2) is 6.87. The molecule has 0 aliphatic carbocycles. The van der Waals surface area contributed by atoms with Crippen LogP contribution in [0.4, 0.5) is 23.7 Å². The van der Waals surface area contributed by atoms with E-state index in [0.29, 0.717) is 5.69 Å². The third-order valence-corrected chi connectivity index (χ3v) is 3.44. The Morgan fingerprint density at radius 1 is 1.27 bits per heavy atom. The molecule has 2 amide bonds. The third-order valence-electron chi connectivity index (χ3n) is 3.44. The Kier molecular flexibility index (Phi) is 5.65. The fourth-order valence-corrected chi connectivity index (χ4v) is 1.59. The largest absolute Gasteiger partial charge is 0.573 e. The van der Waals surface area contributed by atoms with Crippen molar-refractivity contribution >= 4 is 11.7 Å². The lowest BCUT2D eigenvalue weighted by Crippen LogP contribution is -2.56. The van der Waals surface area contributed by atoms with Gasteiger partial charge in [-0.3, -0.25) is 0 Å². The molecule has 124 valence electrons. The van der Waals surface area contributed by atoms with Gasteiger partial charge in [0.1, 0.15) is 5.75 Å². The van der Waals surface area contributed by atoms with Crippen LogP contribution in [0.3, 0.4) is 0 Å². The fraction of sp³-hybridized carbons (Fsp3) is 0.500. The van der Waals surface area contributed by atoms with Crippen LogP contribution in [0.25, 0.3) is 0 Å². The number of amides is 2. The van der Waals surface area contributed by atoms with E-state index in [9.17, 15) is 18.0 Å². The standard InChI is InChI=1S/C14H20F3N3O2/c1-9(2)13(3,8-18)20-12(21)19-10-4-6-11(7-5-10)22-14(15,16)17/h4-7,9H,8,18H2,1-3H3,(H2,19,20,21). The van der Waals surface area contributed by atoms with Crippen LogP contribution >= 0.6 is 0 Å². The van der Waals surface area contributed by atoms with Gasteiger partial charge in [-0.1, -0.05) is 13.8 Å². The minimum absolute atomic E-state index is 0.116. The molecule has 0 aliphatic heterocycles. The minimum Gasteiger partial charge on any atom is -0.406 e. The number of hydrogen-bond acceptors (Lipinski definition) is 3. The summed E-state index contributed by atoms with van der Waals surface area (Å²) in [6.45, 7) is 5.93. The van der Waals surface area contributed by atoms with Crippen LogP contribution in [0, 0.1) is 5.92 Å². The summed E-state index contributed by atoms with van der Waals surface area (Å²) in [4.78, 5) is 11.9. The first-order valence-corrected chi connectivity index (χ1v) is 6.71. The molecule has 4 N–H and O–H groups in total. The van der Waals surface area contributed by atoms with Gasteiger partial charge in [0.05, 0.1) is 5.54 Å². The number of hydrogen-bond donors (Lipinski definition) is 3. The smallest absolute Gasteiger partial charge is 0.406 e. The number of urea groups is 1. The molecule has 1 atom stereocenters. The zero-order chi connectivity index (χ0) is 17.0. The minimum atomic E-state index is -4.74. The highest BCUT2D eigenvalue weighted by Crippen LogP contribution is 2.24. The maximum Gasteiger partial charge on any atom is 0.573 e. The number of anilines is 1.